The lowest BCUT2D eigenvalue weighted by Gasteiger charge is -2.24. The zero-order valence-corrected chi connectivity index (χ0v) is 16.7. The fourth-order valence-electron chi connectivity index (χ4n) is 3.58. The summed E-state index contributed by atoms with van der Waals surface area (Å²) in [5, 5.41) is 15.5. The van der Waals surface area contributed by atoms with Crippen LogP contribution in [0.4, 0.5) is 10.1 Å². The number of hydrogen-bond acceptors (Lipinski definition) is 3. The van der Waals surface area contributed by atoms with Crippen molar-refractivity contribution >= 4 is 16.6 Å². The van der Waals surface area contributed by atoms with E-state index in [4.69, 9.17) is 0 Å². The van der Waals surface area contributed by atoms with Gasteiger partial charge in [-0.1, -0.05) is 42.5 Å². The number of phenols is 1. The summed E-state index contributed by atoms with van der Waals surface area (Å²) < 4.78 is 13.5. The number of nitrogens with zero attached hydrogens (tertiary/aromatic N) is 1. The quantitative estimate of drug-likeness (QED) is 0.438. The summed E-state index contributed by atoms with van der Waals surface area (Å²) >= 11 is 0. The van der Waals surface area contributed by atoms with Gasteiger partial charge in [-0.2, -0.15) is 0 Å². The number of nitrogens with one attached hydrogen (secondary N) is 1. The Morgan fingerprint density at radius 3 is 2.38 bits per heavy atom. The van der Waals surface area contributed by atoms with Gasteiger partial charge in [-0.05, 0) is 61.7 Å². The first-order valence-corrected chi connectivity index (χ1v) is 9.61. The lowest BCUT2D eigenvalue weighted by Crippen LogP contribution is -2.14. The monoisotopic (exact) mass is 386 g/mol. The summed E-state index contributed by atoms with van der Waals surface area (Å²) in [7, 11) is 0. The molecule has 0 aliphatic heterocycles. The summed E-state index contributed by atoms with van der Waals surface area (Å²) in [6.07, 6.45) is 0. The van der Waals surface area contributed by atoms with Gasteiger partial charge in [0, 0.05) is 22.3 Å². The number of halogens is 1. The lowest BCUT2D eigenvalue weighted by molar-refractivity contribution is 0.471. The summed E-state index contributed by atoms with van der Waals surface area (Å²) in [4.78, 5) is 4.53. The Morgan fingerprint density at radius 2 is 1.62 bits per heavy atom. The molecule has 1 aromatic heterocycles. The molecular formula is C25H23FN2O. The molecule has 0 saturated heterocycles. The number of aryl methyl sites for hydroxylation is 2. The molecule has 4 heteroatoms. The van der Waals surface area contributed by atoms with E-state index in [1.165, 1.54) is 17.7 Å². The first-order chi connectivity index (χ1) is 13.9. The standard InChI is InChI=1S/C25H23FN2O/c1-15-5-4-6-22(17(15)3)28-23(18-9-12-20(26)13-10-18)21-14-11-19-8-7-16(2)27-24(19)25(21)29/h4-14,23,28-29H,1-3H3. The zero-order chi connectivity index (χ0) is 20.5. The van der Waals surface area contributed by atoms with Crippen molar-refractivity contribution in [2.45, 2.75) is 26.8 Å². The van der Waals surface area contributed by atoms with E-state index in [9.17, 15) is 9.50 Å². The number of aromatic nitrogens is 1. The van der Waals surface area contributed by atoms with E-state index in [0.29, 0.717) is 11.1 Å². The maximum Gasteiger partial charge on any atom is 0.147 e. The minimum absolute atomic E-state index is 0.137. The highest BCUT2D eigenvalue weighted by Gasteiger charge is 2.21. The minimum Gasteiger partial charge on any atom is -0.505 e. The third-order valence-corrected chi connectivity index (χ3v) is 5.42. The molecule has 0 saturated carbocycles. The molecule has 4 rings (SSSR count). The molecule has 1 heterocycles. The summed E-state index contributed by atoms with van der Waals surface area (Å²) in [6.45, 7) is 6.02. The first-order valence-electron chi connectivity index (χ1n) is 9.61. The van der Waals surface area contributed by atoms with Gasteiger partial charge in [-0.15, -0.1) is 0 Å². The predicted octanol–water partition coefficient (Wildman–Crippen LogP) is 6.21. The van der Waals surface area contributed by atoms with Gasteiger partial charge in [0.05, 0.1) is 6.04 Å². The van der Waals surface area contributed by atoms with Crippen LogP contribution in [0.1, 0.15) is 34.0 Å². The third-order valence-electron chi connectivity index (χ3n) is 5.42. The molecule has 0 fully saturated rings. The van der Waals surface area contributed by atoms with E-state index in [0.717, 1.165) is 27.9 Å². The number of benzene rings is 3. The number of phenolic OH excluding ortho intramolecular Hbond substituents is 1. The van der Waals surface area contributed by atoms with Crippen LogP contribution in [0, 0.1) is 26.6 Å². The van der Waals surface area contributed by atoms with Gasteiger partial charge in [0.25, 0.3) is 0 Å². The van der Waals surface area contributed by atoms with Gasteiger partial charge in [0.2, 0.25) is 0 Å². The van der Waals surface area contributed by atoms with Crippen molar-refractivity contribution in [3.63, 3.8) is 0 Å². The van der Waals surface area contributed by atoms with Crippen molar-refractivity contribution in [2.75, 3.05) is 5.32 Å². The maximum atomic E-state index is 13.5. The molecule has 0 aliphatic rings. The molecule has 0 aliphatic carbocycles. The van der Waals surface area contributed by atoms with Crippen LogP contribution in [-0.4, -0.2) is 10.1 Å². The molecule has 0 amide bonds. The topological polar surface area (TPSA) is 45.1 Å². The Balaban J connectivity index is 1.88. The highest BCUT2D eigenvalue weighted by molar-refractivity contribution is 5.86. The molecule has 3 nitrogen and oxygen atoms in total. The third kappa shape index (κ3) is 3.66. The van der Waals surface area contributed by atoms with E-state index in [2.05, 4.69) is 30.2 Å². The Bertz CT molecular complexity index is 1190. The van der Waals surface area contributed by atoms with Crippen LogP contribution < -0.4 is 5.32 Å². The second-order valence-corrected chi connectivity index (χ2v) is 7.40. The van der Waals surface area contributed by atoms with Gasteiger partial charge in [-0.3, -0.25) is 0 Å². The fourth-order valence-corrected chi connectivity index (χ4v) is 3.58. The van der Waals surface area contributed by atoms with E-state index >= 15 is 0 Å². The maximum absolute atomic E-state index is 13.5. The minimum atomic E-state index is -0.359. The van der Waals surface area contributed by atoms with Crippen molar-refractivity contribution in [3.05, 3.63) is 100 Å². The molecule has 0 bridgehead atoms. The normalized spacial score (nSPS) is 12.1. The van der Waals surface area contributed by atoms with Crippen molar-refractivity contribution in [1.29, 1.82) is 0 Å². The molecule has 4 aromatic rings. The van der Waals surface area contributed by atoms with E-state index in [-0.39, 0.29) is 17.6 Å². The number of anilines is 1. The molecule has 2 N–H and O–H groups in total. The van der Waals surface area contributed by atoms with Crippen LogP contribution in [-0.2, 0) is 0 Å². The van der Waals surface area contributed by atoms with Crippen LogP contribution in [0.15, 0.2) is 66.7 Å². The second-order valence-electron chi connectivity index (χ2n) is 7.40. The van der Waals surface area contributed by atoms with E-state index < -0.39 is 0 Å². The molecule has 0 radical (unpaired) electrons. The Labute approximate surface area is 169 Å². The van der Waals surface area contributed by atoms with Crippen molar-refractivity contribution in [1.82, 2.24) is 4.98 Å². The summed E-state index contributed by atoms with van der Waals surface area (Å²) in [5.74, 6) is -0.155. The summed E-state index contributed by atoms with van der Waals surface area (Å²) in [5.41, 5.74) is 6.23. The van der Waals surface area contributed by atoms with Crippen LogP contribution in [0.5, 0.6) is 5.75 Å². The molecule has 146 valence electrons. The van der Waals surface area contributed by atoms with Gasteiger partial charge in [-0.25, -0.2) is 9.37 Å². The molecule has 0 spiro atoms. The number of aromatic hydroxyl groups is 1. The lowest BCUT2D eigenvalue weighted by atomic mass is 9.95. The molecule has 3 aromatic carbocycles. The van der Waals surface area contributed by atoms with Gasteiger partial charge < -0.3 is 10.4 Å². The van der Waals surface area contributed by atoms with Crippen LogP contribution >= 0.6 is 0 Å². The number of fused-ring (bicyclic) bond motifs is 1. The fraction of sp³-hybridized carbons (Fsp3) is 0.160. The van der Waals surface area contributed by atoms with E-state index in [1.807, 2.05) is 43.3 Å². The predicted molar refractivity (Wildman–Crippen MR) is 116 cm³/mol. The summed E-state index contributed by atoms with van der Waals surface area (Å²) in [6, 6.07) is 19.8. The van der Waals surface area contributed by atoms with Gasteiger partial charge in [0.15, 0.2) is 0 Å². The average Bonchev–Trinajstić information content (AvgIpc) is 2.71. The second kappa shape index (κ2) is 7.55. The number of rotatable bonds is 4. The molecule has 29 heavy (non-hydrogen) atoms. The number of hydrogen-bond donors (Lipinski definition) is 2. The first kappa shape index (κ1) is 18.9. The smallest absolute Gasteiger partial charge is 0.147 e. The zero-order valence-electron chi connectivity index (χ0n) is 16.7. The van der Waals surface area contributed by atoms with Crippen molar-refractivity contribution in [2.24, 2.45) is 0 Å². The Hall–Kier alpha value is -3.40. The van der Waals surface area contributed by atoms with Crippen LogP contribution in [0.3, 0.4) is 0 Å². The van der Waals surface area contributed by atoms with Gasteiger partial charge in [0.1, 0.15) is 17.1 Å². The van der Waals surface area contributed by atoms with Crippen molar-refractivity contribution in [3.8, 4) is 5.75 Å². The Morgan fingerprint density at radius 1 is 0.897 bits per heavy atom. The Kier molecular flexibility index (Phi) is 4.93. The van der Waals surface area contributed by atoms with E-state index in [1.54, 1.807) is 12.1 Å². The molecular weight excluding hydrogens is 363 g/mol. The highest BCUT2D eigenvalue weighted by Crippen LogP contribution is 2.37. The van der Waals surface area contributed by atoms with Crippen molar-refractivity contribution < 1.29 is 9.50 Å². The highest BCUT2D eigenvalue weighted by atomic mass is 19.1. The largest absolute Gasteiger partial charge is 0.505 e. The van der Waals surface area contributed by atoms with Crippen LogP contribution in [0.2, 0.25) is 0 Å². The van der Waals surface area contributed by atoms with Gasteiger partial charge >= 0.3 is 0 Å². The average molecular weight is 386 g/mol. The SMILES string of the molecule is Cc1ccc2ccc(C(Nc3cccc(C)c3C)c3ccc(F)cc3)c(O)c2n1. The van der Waals surface area contributed by atoms with Crippen LogP contribution in [0.25, 0.3) is 10.9 Å². The molecule has 1 atom stereocenters. The number of pyridine rings is 1. The molecule has 1 unspecified atom stereocenters.